The molecule has 0 spiro atoms. The predicted molar refractivity (Wildman–Crippen MR) is 154 cm³/mol. The van der Waals surface area contributed by atoms with Gasteiger partial charge in [-0.3, -0.25) is 9.78 Å². The molecule has 1 aromatic carbocycles. The van der Waals surface area contributed by atoms with Crippen LogP contribution in [0.1, 0.15) is 53.1 Å². The average molecular weight is 531 g/mol. The fraction of sp³-hybridized carbons (Fsp3) is 0.345. The summed E-state index contributed by atoms with van der Waals surface area (Å²) in [4.78, 5) is 24.6. The molecule has 4 aromatic rings. The van der Waals surface area contributed by atoms with Crippen molar-refractivity contribution in [3.05, 3.63) is 70.7 Å². The number of aliphatic hydroxyl groups is 1. The van der Waals surface area contributed by atoms with Crippen LogP contribution in [0.4, 0.5) is 11.5 Å². The first-order valence-electron chi connectivity index (χ1n) is 13.1. The molecule has 3 aromatic heterocycles. The zero-order valence-corrected chi connectivity index (χ0v) is 22.4. The van der Waals surface area contributed by atoms with Crippen LogP contribution in [0.25, 0.3) is 21.5 Å². The van der Waals surface area contributed by atoms with Gasteiger partial charge in [-0.25, -0.2) is 4.98 Å². The fourth-order valence-corrected chi connectivity index (χ4v) is 6.13. The van der Waals surface area contributed by atoms with Gasteiger partial charge < -0.3 is 26.8 Å². The third-order valence-electron chi connectivity index (χ3n) is 7.16. The molecule has 1 unspecified atom stereocenters. The second-order valence-corrected chi connectivity index (χ2v) is 10.8. The molecule has 8 nitrogen and oxygen atoms in total. The van der Waals surface area contributed by atoms with Gasteiger partial charge in [-0.2, -0.15) is 0 Å². The molecule has 0 radical (unpaired) electrons. The van der Waals surface area contributed by atoms with Crippen molar-refractivity contribution in [2.24, 2.45) is 5.73 Å². The number of aryl methyl sites for hydroxylation is 1. The third-order valence-corrected chi connectivity index (χ3v) is 8.28. The number of nitrogens with one attached hydrogen (secondary N) is 1. The second-order valence-electron chi connectivity index (χ2n) is 9.80. The number of aromatic nitrogens is 2. The molecule has 198 valence electrons. The normalized spacial score (nSPS) is 15.2. The number of pyridine rings is 2. The molecule has 1 saturated heterocycles. The van der Waals surface area contributed by atoms with Crippen molar-refractivity contribution < 1.29 is 9.90 Å². The van der Waals surface area contributed by atoms with Crippen LogP contribution in [-0.4, -0.2) is 46.7 Å². The summed E-state index contributed by atoms with van der Waals surface area (Å²) >= 11 is 1.28. The van der Waals surface area contributed by atoms with Crippen LogP contribution in [0.3, 0.4) is 0 Å². The summed E-state index contributed by atoms with van der Waals surface area (Å²) in [6.07, 6.45) is 4.91. The first-order valence-corrected chi connectivity index (χ1v) is 14.0. The van der Waals surface area contributed by atoms with Crippen LogP contribution in [0.15, 0.2) is 54.7 Å². The Morgan fingerprint density at radius 3 is 2.74 bits per heavy atom. The van der Waals surface area contributed by atoms with Crippen LogP contribution >= 0.6 is 11.3 Å². The van der Waals surface area contributed by atoms with Crippen LogP contribution < -0.4 is 21.7 Å². The molecule has 6 N–H and O–H groups in total. The van der Waals surface area contributed by atoms with E-state index in [1.54, 1.807) is 6.20 Å². The molecule has 1 fully saturated rings. The van der Waals surface area contributed by atoms with E-state index in [0.717, 1.165) is 77.2 Å². The van der Waals surface area contributed by atoms with E-state index in [4.69, 9.17) is 16.5 Å². The van der Waals surface area contributed by atoms with Crippen LogP contribution in [-0.2, 0) is 6.42 Å². The quantitative estimate of drug-likeness (QED) is 0.254. The Bertz CT molecular complexity index is 1420. The molecule has 5 rings (SSSR count). The number of piperidine rings is 1. The summed E-state index contributed by atoms with van der Waals surface area (Å²) in [7, 11) is 0. The number of aliphatic hydroxyl groups excluding tert-OH is 1. The summed E-state index contributed by atoms with van der Waals surface area (Å²) in [5, 5.41) is 15.3. The number of carbonyl (C=O) groups is 1. The van der Waals surface area contributed by atoms with Crippen LogP contribution in [0.2, 0.25) is 0 Å². The van der Waals surface area contributed by atoms with Crippen LogP contribution in [0, 0.1) is 0 Å². The minimum atomic E-state index is -0.596. The molecular formula is C29H34N6O2S. The number of anilines is 2. The first kappa shape index (κ1) is 26.1. The van der Waals surface area contributed by atoms with Gasteiger partial charge in [0.15, 0.2) is 0 Å². The van der Waals surface area contributed by atoms with Gasteiger partial charge in [-0.1, -0.05) is 37.6 Å². The van der Waals surface area contributed by atoms with E-state index in [0.29, 0.717) is 23.2 Å². The summed E-state index contributed by atoms with van der Waals surface area (Å²) in [6, 6.07) is 16.2. The lowest BCUT2D eigenvalue weighted by molar-refractivity contribution is 0.100. The molecule has 0 aliphatic carbocycles. The van der Waals surface area contributed by atoms with Gasteiger partial charge in [0, 0.05) is 42.8 Å². The Kier molecular flexibility index (Phi) is 7.87. The Morgan fingerprint density at radius 1 is 1.21 bits per heavy atom. The topological polar surface area (TPSA) is 130 Å². The van der Waals surface area contributed by atoms with Crippen molar-refractivity contribution >= 4 is 39.0 Å². The van der Waals surface area contributed by atoms with Crippen LogP contribution in [0.5, 0.6) is 0 Å². The van der Waals surface area contributed by atoms with Crippen molar-refractivity contribution in [1.29, 1.82) is 0 Å². The molecular weight excluding hydrogens is 496 g/mol. The molecule has 1 amide bonds. The summed E-state index contributed by atoms with van der Waals surface area (Å²) in [5.74, 6) is 0.412. The largest absolute Gasteiger partial charge is 0.397 e. The lowest BCUT2D eigenvalue weighted by Crippen LogP contribution is -2.44. The number of nitrogens with two attached hydrogens (primary N) is 2. The number of nitrogens with zero attached hydrogens (tertiary/aromatic N) is 3. The minimum Gasteiger partial charge on any atom is -0.397 e. The van der Waals surface area contributed by atoms with E-state index in [-0.39, 0.29) is 0 Å². The Hall–Kier alpha value is -3.53. The van der Waals surface area contributed by atoms with Crippen molar-refractivity contribution in [3.63, 3.8) is 0 Å². The van der Waals surface area contributed by atoms with E-state index >= 15 is 0 Å². The number of amides is 1. The number of nitrogen functional groups attached to an aromatic ring is 1. The average Bonchev–Trinajstić information content (AvgIpc) is 3.29. The predicted octanol–water partition coefficient (Wildman–Crippen LogP) is 4.28. The number of primary amides is 1. The van der Waals surface area contributed by atoms with E-state index in [9.17, 15) is 9.90 Å². The molecule has 9 heteroatoms. The van der Waals surface area contributed by atoms with Gasteiger partial charge in [0.25, 0.3) is 5.91 Å². The first-order chi connectivity index (χ1) is 18.4. The highest BCUT2D eigenvalue weighted by molar-refractivity contribution is 7.21. The van der Waals surface area contributed by atoms with Gasteiger partial charge >= 0.3 is 0 Å². The zero-order chi connectivity index (χ0) is 26.6. The van der Waals surface area contributed by atoms with Gasteiger partial charge in [0.05, 0.1) is 17.5 Å². The maximum atomic E-state index is 11.9. The Labute approximate surface area is 226 Å². The second kappa shape index (κ2) is 11.5. The standard InChI is InChI=1S/C29H34N6O2S/c1-2-6-20-16-24(34-29-25(20)26(30)27(38-29)28(31)37)35-13-10-21(11-14-35)33-17-23(36)19-8-5-7-18(15-19)22-9-3-4-12-32-22/h3-5,7-9,12,15-16,21,23,33,36H,2,6,10-11,13-14,17,30H2,1H3,(H2,31,37). The van der Waals surface area contributed by atoms with Gasteiger partial charge in [0.2, 0.25) is 0 Å². The monoisotopic (exact) mass is 530 g/mol. The molecule has 0 saturated carbocycles. The maximum absolute atomic E-state index is 11.9. The van der Waals surface area contributed by atoms with Gasteiger partial charge in [-0.15, -0.1) is 11.3 Å². The summed E-state index contributed by atoms with van der Waals surface area (Å²) in [6.45, 7) is 4.34. The number of hydrogen-bond donors (Lipinski definition) is 4. The highest BCUT2D eigenvalue weighted by Gasteiger charge is 2.24. The number of hydrogen-bond acceptors (Lipinski definition) is 8. The number of thiophene rings is 1. The molecule has 38 heavy (non-hydrogen) atoms. The number of carbonyl (C=O) groups excluding carboxylic acids is 1. The number of benzene rings is 1. The van der Waals surface area contributed by atoms with Crippen molar-refractivity contribution in [2.45, 2.75) is 44.8 Å². The highest BCUT2D eigenvalue weighted by Crippen LogP contribution is 2.37. The Balaban J connectivity index is 1.22. The lowest BCUT2D eigenvalue weighted by Gasteiger charge is -2.34. The molecule has 1 aliphatic heterocycles. The highest BCUT2D eigenvalue weighted by atomic mass is 32.1. The Morgan fingerprint density at radius 2 is 2.03 bits per heavy atom. The fourth-order valence-electron chi connectivity index (χ4n) is 5.14. The lowest BCUT2D eigenvalue weighted by atomic mass is 10.0. The molecule has 1 atom stereocenters. The number of rotatable bonds is 9. The molecule has 4 heterocycles. The maximum Gasteiger partial charge on any atom is 0.260 e. The third kappa shape index (κ3) is 5.50. The van der Waals surface area contributed by atoms with E-state index in [1.165, 1.54) is 11.3 Å². The van der Waals surface area contributed by atoms with Crippen molar-refractivity contribution in [3.8, 4) is 11.3 Å². The number of fused-ring (bicyclic) bond motifs is 1. The smallest absolute Gasteiger partial charge is 0.260 e. The van der Waals surface area contributed by atoms with Gasteiger partial charge in [-0.05, 0) is 54.7 Å². The summed E-state index contributed by atoms with van der Waals surface area (Å²) < 4.78 is 0. The van der Waals surface area contributed by atoms with E-state index in [2.05, 4.69) is 28.2 Å². The van der Waals surface area contributed by atoms with Crippen molar-refractivity contribution in [1.82, 2.24) is 15.3 Å². The summed E-state index contributed by atoms with van der Waals surface area (Å²) in [5.41, 5.74) is 16.2. The zero-order valence-electron chi connectivity index (χ0n) is 21.6. The SMILES string of the molecule is CCCc1cc(N2CCC(NCC(O)c3cccc(-c4ccccn4)c3)CC2)nc2sc(C(N)=O)c(N)c12. The molecule has 1 aliphatic rings. The minimum absolute atomic E-state index is 0.317. The van der Waals surface area contributed by atoms with E-state index in [1.807, 2.05) is 42.5 Å². The van der Waals surface area contributed by atoms with Crippen molar-refractivity contribution in [2.75, 3.05) is 30.3 Å². The molecule has 0 bridgehead atoms. The van der Waals surface area contributed by atoms with E-state index < -0.39 is 12.0 Å². The van der Waals surface area contributed by atoms with Gasteiger partial charge in [0.1, 0.15) is 15.5 Å².